The van der Waals surface area contributed by atoms with Crippen LogP contribution in [0.2, 0.25) is 0 Å². The van der Waals surface area contributed by atoms with Crippen LogP contribution in [0.3, 0.4) is 0 Å². The molecule has 8 heteroatoms. The van der Waals surface area contributed by atoms with Crippen molar-refractivity contribution in [1.29, 1.82) is 0 Å². The first-order valence-corrected chi connectivity index (χ1v) is 11.4. The van der Waals surface area contributed by atoms with Crippen LogP contribution in [0.25, 0.3) is 11.1 Å². The Hall–Kier alpha value is -4.17. The van der Waals surface area contributed by atoms with Crippen molar-refractivity contribution in [2.75, 3.05) is 18.5 Å². The number of rotatable bonds is 5. The van der Waals surface area contributed by atoms with Crippen molar-refractivity contribution in [3.63, 3.8) is 0 Å². The average molecular weight is 472 g/mol. The van der Waals surface area contributed by atoms with Gasteiger partial charge in [0.05, 0.1) is 6.10 Å². The number of aliphatic hydroxyl groups is 1. The fourth-order valence-corrected chi connectivity index (χ4v) is 4.89. The van der Waals surface area contributed by atoms with E-state index in [0.717, 1.165) is 27.2 Å². The Morgan fingerprint density at radius 3 is 2.11 bits per heavy atom. The standard InChI is InChI=1S/C27H24N2O6/c30-18-13-24(26(32)33)29(14-18)25(31)16-9-11-17(12-10-16)28-27(34)35-15-23-21-7-3-1-5-19(21)20-6-2-4-8-22(20)23/h1-12,18,23-24,30H,13-15H2,(H,28,34)(H,32,33). The molecule has 0 radical (unpaired) electrons. The number of likely N-dealkylation sites (tertiary alicyclic amines) is 1. The van der Waals surface area contributed by atoms with Gasteiger partial charge < -0.3 is 19.8 Å². The summed E-state index contributed by atoms with van der Waals surface area (Å²) in [7, 11) is 0. The predicted octanol–water partition coefficient (Wildman–Crippen LogP) is 3.71. The highest BCUT2D eigenvalue weighted by molar-refractivity contribution is 5.97. The molecule has 1 aliphatic carbocycles. The zero-order valence-electron chi connectivity index (χ0n) is 18.8. The van der Waals surface area contributed by atoms with Gasteiger partial charge in [-0.05, 0) is 46.5 Å². The molecular weight excluding hydrogens is 448 g/mol. The number of hydrogen-bond acceptors (Lipinski definition) is 5. The van der Waals surface area contributed by atoms with Crippen molar-refractivity contribution in [2.45, 2.75) is 24.5 Å². The van der Waals surface area contributed by atoms with Gasteiger partial charge in [0.1, 0.15) is 12.6 Å². The number of amides is 2. The third-order valence-corrected chi connectivity index (χ3v) is 6.55. The number of nitrogens with one attached hydrogen (secondary N) is 1. The minimum Gasteiger partial charge on any atom is -0.480 e. The lowest BCUT2D eigenvalue weighted by molar-refractivity contribution is -0.141. The zero-order chi connectivity index (χ0) is 24.5. The molecule has 3 aromatic carbocycles. The Morgan fingerprint density at radius 1 is 0.914 bits per heavy atom. The Balaban J connectivity index is 1.21. The first kappa shape index (κ1) is 22.6. The monoisotopic (exact) mass is 472 g/mol. The maximum Gasteiger partial charge on any atom is 0.411 e. The van der Waals surface area contributed by atoms with Crippen molar-refractivity contribution in [2.24, 2.45) is 0 Å². The van der Waals surface area contributed by atoms with Gasteiger partial charge in [-0.3, -0.25) is 10.1 Å². The maximum absolute atomic E-state index is 12.7. The molecule has 0 saturated carbocycles. The number of carbonyl (C=O) groups excluding carboxylic acids is 2. The molecule has 5 rings (SSSR count). The largest absolute Gasteiger partial charge is 0.480 e. The van der Waals surface area contributed by atoms with Gasteiger partial charge >= 0.3 is 12.1 Å². The van der Waals surface area contributed by atoms with E-state index in [1.807, 2.05) is 36.4 Å². The topological polar surface area (TPSA) is 116 Å². The molecule has 35 heavy (non-hydrogen) atoms. The zero-order valence-corrected chi connectivity index (χ0v) is 18.8. The SMILES string of the molecule is O=C(Nc1ccc(C(=O)N2CC(O)CC2C(=O)O)cc1)OCC1c2ccccc2-c2ccccc21. The number of carboxylic acid groups (broad SMARTS) is 1. The van der Waals surface area contributed by atoms with Gasteiger partial charge in [-0.25, -0.2) is 9.59 Å². The molecule has 0 aromatic heterocycles. The highest BCUT2D eigenvalue weighted by Crippen LogP contribution is 2.44. The lowest BCUT2D eigenvalue weighted by atomic mass is 9.98. The lowest BCUT2D eigenvalue weighted by Crippen LogP contribution is -2.40. The van der Waals surface area contributed by atoms with Gasteiger partial charge in [-0.15, -0.1) is 0 Å². The van der Waals surface area contributed by atoms with Gasteiger partial charge in [0.2, 0.25) is 0 Å². The smallest absolute Gasteiger partial charge is 0.411 e. The van der Waals surface area contributed by atoms with E-state index in [-0.39, 0.29) is 31.1 Å². The second kappa shape index (κ2) is 9.23. The first-order valence-electron chi connectivity index (χ1n) is 11.4. The van der Waals surface area contributed by atoms with Crippen LogP contribution in [-0.4, -0.2) is 58.4 Å². The molecule has 178 valence electrons. The molecule has 0 spiro atoms. The van der Waals surface area contributed by atoms with E-state index in [1.165, 1.54) is 12.1 Å². The van der Waals surface area contributed by atoms with Crippen LogP contribution in [0.1, 0.15) is 33.8 Å². The van der Waals surface area contributed by atoms with Gasteiger partial charge in [0, 0.05) is 30.1 Å². The van der Waals surface area contributed by atoms with Gasteiger partial charge in [0.15, 0.2) is 0 Å². The predicted molar refractivity (Wildman–Crippen MR) is 128 cm³/mol. The molecule has 1 fully saturated rings. The van der Waals surface area contributed by atoms with Gasteiger partial charge in [-0.1, -0.05) is 48.5 Å². The second-order valence-corrected chi connectivity index (χ2v) is 8.73. The van der Waals surface area contributed by atoms with Crippen molar-refractivity contribution in [3.05, 3.63) is 89.5 Å². The number of anilines is 1. The van der Waals surface area contributed by atoms with Gasteiger partial charge in [0.25, 0.3) is 5.91 Å². The third-order valence-electron chi connectivity index (χ3n) is 6.55. The number of aliphatic carboxylic acids is 1. The molecule has 8 nitrogen and oxygen atoms in total. The first-order chi connectivity index (χ1) is 16.9. The van der Waals surface area contributed by atoms with E-state index < -0.39 is 30.1 Å². The Morgan fingerprint density at radius 2 is 1.51 bits per heavy atom. The molecule has 1 heterocycles. The lowest BCUT2D eigenvalue weighted by Gasteiger charge is -2.21. The Labute approximate surface area is 201 Å². The maximum atomic E-state index is 12.7. The van der Waals surface area contributed by atoms with E-state index in [1.54, 1.807) is 12.1 Å². The minimum absolute atomic E-state index is 0.00248. The van der Waals surface area contributed by atoms with Crippen LogP contribution < -0.4 is 5.32 Å². The molecule has 1 saturated heterocycles. The summed E-state index contributed by atoms with van der Waals surface area (Å²) in [6.45, 7) is 0.153. The summed E-state index contributed by atoms with van der Waals surface area (Å²) in [5, 5.41) is 21.8. The second-order valence-electron chi connectivity index (χ2n) is 8.73. The van der Waals surface area contributed by atoms with Crippen LogP contribution >= 0.6 is 0 Å². The van der Waals surface area contributed by atoms with E-state index in [0.29, 0.717) is 5.69 Å². The van der Waals surface area contributed by atoms with E-state index in [2.05, 4.69) is 17.4 Å². The minimum atomic E-state index is -1.15. The highest BCUT2D eigenvalue weighted by atomic mass is 16.5. The van der Waals surface area contributed by atoms with Crippen LogP contribution in [-0.2, 0) is 9.53 Å². The summed E-state index contributed by atoms with van der Waals surface area (Å²) in [6, 6.07) is 21.2. The molecule has 3 N–H and O–H groups in total. The van der Waals surface area contributed by atoms with Crippen molar-refractivity contribution in [3.8, 4) is 11.1 Å². The summed E-state index contributed by atoms with van der Waals surface area (Å²) < 4.78 is 5.54. The number of benzene rings is 3. The van der Waals surface area contributed by atoms with Crippen LogP contribution in [0, 0.1) is 0 Å². The van der Waals surface area contributed by atoms with Crippen LogP contribution in [0.4, 0.5) is 10.5 Å². The third kappa shape index (κ3) is 4.36. The molecule has 2 unspecified atom stereocenters. The molecule has 3 aromatic rings. The average Bonchev–Trinajstić information content (AvgIpc) is 3.41. The van der Waals surface area contributed by atoms with E-state index in [9.17, 15) is 24.6 Å². The number of β-amino-alcohol motifs (C(OH)–C–C–N with tert-alkyl or cyclic N) is 1. The fraction of sp³-hybridized carbons (Fsp3) is 0.222. The quantitative estimate of drug-likeness (QED) is 0.521. The van der Waals surface area contributed by atoms with Crippen LogP contribution in [0.5, 0.6) is 0 Å². The van der Waals surface area contributed by atoms with E-state index in [4.69, 9.17) is 4.74 Å². The molecule has 1 aliphatic heterocycles. The number of aliphatic hydroxyl groups excluding tert-OH is 1. The summed E-state index contributed by atoms with van der Waals surface area (Å²) in [6.07, 6.45) is -1.48. The Kier molecular flexibility index (Phi) is 5.96. The number of fused-ring (bicyclic) bond motifs is 3. The number of carbonyl (C=O) groups is 3. The van der Waals surface area contributed by atoms with Crippen molar-refractivity contribution < 1.29 is 29.3 Å². The molecule has 0 bridgehead atoms. The summed E-state index contributed by atoms with van der Waals surface area (Å²) >= 11 is 0. The molecule has 2 aliphatic rings. The normalized spacial score (nSPS) is 18.6. The molecule has 2 amide bonds. The number of carboxylic acids is 1. The fourth-order valence-electron chi connectivity index (χ4n) is 4.89. The highest BCUT2D eigenvalue weighted by Gasteiger charge is 2.39. The molecule has 2 atom stereocenters. The summed E-state index contributed by atoms with van der Waals surface area (Å²) in [5.74, 6) is -1.68. The van der Waals surface area contributed by atoms with Crippen LogP contribution in [0.15, 0.2) is 72.8 Å². The summed E-state index contributed by atoms with van der Waals surface area (Å²) in [5.41, 5.74) is 5.24. The Bertz CT molecular complexity index is 1240. The number of nitrogens with zero attached hydrogens (tertiary/aromatic N) is 1. The van der Waals surface area contributed by atoms with Crippen molar-refractivity contribution in [1.82, 2.24) is 4.90 Å². The van der Waals surface area contributed by atoms with E-state index >= 15 is 0 Å². The van der Waals surface area contributed by atoms with Crippen molar-refractivity contribution >= 4 is 23.7 Å². The molecular formula is C27H24N2O6. The summed E-state index contributed by atoms with van der Waals surface area (Å²) in [4.78, 5) is 37.8. The van der Waals surface area contributed by atoms with Gasteiger partial charge in [-0.2, -0.15) is 0 Å². The number of ether oxygens (including phenoxy) is 1. The number of hydrogen-bond donors (Lipinski definition) is 3.